The molecule has 0 aromatic rings. The van der Waals surface area contributed by atoms with Crippen molar-refractivity contribution in [3.8, 4) is 0 Å². The first-order valence-corrected chi connectivity index (χ1v) is 10.6. The number of hydrogen-bond donors (Lipinski definition) is 0. The second-order valence-corrected chi connectivity index (χ2v) is 15.2. The highest BCUT2D eigenvalue weighted by Crippen LogP contribution is 2.69. The lowest BCUT2D eigenvalue weighted by molar-refractivity contribution is 0.213. The van der Waals surface area contributed by atoms with E-state index in [2.05, 4.69) is 83.1 Å². The average Bonchev–Trinajstić information content (AvgIpc) is 2.28. The van der Waals surface area contributed by atoms with E-state index in [4.69, 9.17) is 4.43 Å². The van der Waals surface area contributed by atoms with Crippen LogP contribution in [0.15, 0.2) is 0 Å². The van der Waals surface area contributed by atoms with Gasteiger partial charge in [-0.1, -0.05) is 83.1 Å². The zero-order chi connectivity index (χ0) is 17.4. The molecule has 0 fully saturated rings. The molecule has 0 radical (unpaired) electrons. The zero-order valence-corrected chi connectivity index (χ0v) is 18.1. The molecule has 0 rings (SSSR count). The van der Waals surface area contributed by atoms with Crippen molar-refractivity contribution in [1.29, 1.82) is 0 Å². The van der Waals surface area contributed by atoms with Gasteiger partial charge in [-0.05, 0) is 32.9 Å². The van der Waals surface area contributed by atoms with Gasteiger partial charge in [-0.25, -0.2) is 0 Å². The molecular weight excluding hydrogens is 272 g/mol. The van der Waals surface area contributed by atoms with Crippen LogP contribution in [-0.2, 0) is 4.43 Å². The quantitative estimate of drug-likeness (QED) is 0.465. The van der Waals surface area contributed by atoms with Crippen LogP contribution in [0.4, 0.5) is 0 Å². The molecule has 1 nitrogen and oxygen atoms in total. The third-order valence-corrected chi connectivity index (χ3v) is 15.1. The molecule has 0 saturated carbocycles. The van der Waals surface area contributed by atoms with E-state index < -0.39 is 8.32 Å². The fraction of sp³-hybridized carbons (Fsp3) is 1.00. The summed E-state index contributed by atoms with van der Waals surface area (Å²) >= 11 is 0. The zero-order valence-electron chi connectivity index (χ0n) is 17.1. The van der Waals surface area contributed by atoms with E-state index in [1.165, 1.54) is 0 Å². The summed E-state index contributed by atoms with van der Waals surface area (Å²) in [6.07, 6.45) is 0. The van der Waals surface area contributed by atoms with Crippen LogP contribution < -0.4 is 0 Å². The molecule has 0 aliphatic heterocycles. The Kier molecular flexibility index (Phi) is 6.41. The minimum absolute atomic E-state index is 0.212. The topological polar surface area (TPSA) is 9.23 Å². The van der Waals surface area contributed by atoms with E-state index in [0.717, 1.165) is 0 Å². The van der Waals surface area contributed by atoms with Gasteiger partial charge >= 0.3 is 0 Å². The van der Waals surface area contributed by atoms with Crippen molar-refractivity contribution in [2.75, 3.05) is 7.11 Å². The van der Waals surface area contributed by atoms with Crippen LogP contribution in [0.2, 0.25) is 15.1 Å². The van der Waals surface area contributed by atoms with Crippen LogP contribution in [0.25, 0.3) is 0 Å². The molecule has 0 spiro atoms. The van der Waals surface area contributed by atoms with Crippen molar-refractivity contribution in [2.45, 2.75) is 98.2 Å². The van der Waals surface area contributed by atoms with Gasteiger partial charge in [0.1, 0.15) is 0 Å². The Morgan fingerprint density at radius 3 is 0.857 bits per heavy atom. The van der Waals surface area contributed by atoms with E-state index in [9.17, 15) is 0 Å². The Balaban J connectivity index is 6.64. The predicted molar refractivity (Wildman–Crippen MR) is 99.4 cm³/mol. The maximum absolute atomic E-state index is 6.66. The normalized spacial score (nSPS) is 15.4. The Labute approximate surface area is 136 Å². The average molecular weight is 315 g/mol. The summed E-state index contributed by atoms with van der Waals surface area (Å²) in [6.45, 7) is 29.0. The Morgan fingerprint density at radius 2 is 0.762 bits per heavy atom. The molecule has 0 heterocycles. The molecule has 0 amide bonds. The van der Waals surface area contributed by atoms with Crippen molar-refractivity contribution < 1.29 is 4.43 Å². The van der Waals surface area contributed by atoms with Crippen LogP contribution in [0.3, 0.4) is 0 Å². The highest BCUT2D eigenvalue weighted by Gasteiger charge is 2.68. The van der Waals surface area contributed by atoms with Gasteiger partial charge in [-0.15, -0.1) is 0 Å². The highest BCUT2D eigenvalue weighted by atomic mass is 28.4. The summed E-state index contributed by atoms with van der Waals surface area (Å²) in [5.41, 5.74) is 0. The molecule has 0 aliphatic rings. The SMILES string of the molecule is CO[Si](C(C)(C)C(C)C)(C(C)(C)C(C)C)C(C)(C)C(C)C. The lowest BCUT2D eigenvalue weighted by Gasteiger charge is -2.64. The molecule has 0 saturated heterocycles. The molecular formula is C19H42OSi. The van der Waals surface area contributed by atoms with Crippen molar-refractivity contribution in [3.63, 3.8) is 0 Å². The van der Waals surface area contributed by atoms with Crippen molar-refractivity contribution >= 4 is 8.32 Å². The van der Waals surface area contributed by atoms with Crippen molar-refractivity contribution in [1.82, 2.24) is 0 Å². The third kappa shape index (κ3) is 2.87. The lowest BCUT2D eigenvalue weighted by Crippen LogP contribution is -2.66. The largest absolute Gasteiger partial charge is 0.418 e. The minimum Gasteiger partial charge on any atom is -0.418 e. The smallest absolute Gasteiger partial charge is 0.209 e. The van der Waals surface area contributed by atoms with E-state index in [-0.39, 0.29) is 15.1 Å². The highest BCUT2D eigenvalue weighted by molar-refractivity contribution is 6.82. The van der Waals surface area contributed by atoms with Gasteiger partial charge < -0.3 is 4.43 Å². The first kappa shape index (κ1) is 21.2. The van der Waals surface area contributed by atoms with Gasteiger partial charge in [0.2, 0.25) is 8.32 Å². The summed E-state index contributed by atoms with van der Waals surface area (Å²) < 4.78 is 6.66. The first-order valence-electron chi connectivity index (χ1n) is 8.69. The maximum atomic E-state index is 6.66. The lowest BCUT2D eigenvalue weighted by atomic mass is 9.95. The van der Waals surface area contributed by atoms with Crippen molar-refractivity contribution in [3.05, 3.63) is 0 Å². The summed E-state index contributed by atoms with van der Waals surface area (Å²) in [7, 11) is -0.151. The fourth-order valence-electron chi connectivity index (χ4n) is 4.50. The third-order valence-electron chi connectivity index (χ3n) is 7.36. The Bertz CT molecular complexity index is 287. The molecule has 0 aromatic carbocycles. The van der Waals surface area contributed by atoms with Crippen LogP contribution in [0.5, 0.6) is 0 Å². The first-order chi connectivity index (χ1) is 9.14. The van der Waals surface area contributed by atoms with Gasteiger partial charge in [-0.3, -0.25) is 0 Å². The molecule has 128 valence electrons. The molecule has 0 aliphatic carbocycles. The molecule has 21 heavy (non-hydrogen) atoms. The van der Waals surface area contributed by atoms with Crippen LogP contribution in [-0.4, -0.2) is 15.4 Å². The van der Waals surface area contributed by atoms with E-state index >= 15 is 0 Å². The summed E-state index contributed by atoms with van der Waals surface area (Å²) in [4.78, 5) is 0. The second-order valence-electron chi connectivity index (χ2n) is 9.51. The Morgan fingerprint density at radius 1 is 0.571 bits per heavy atom. The maximum Gasteiger partial charge on any atom is 0.209 e. The summed E-state index contributed by atoms with van der Waals surface area (Å²) in [5, 5.41) is 0.635. The summed E-state index contributed by atoms with van der Waals surface area (Å²) in [5.74, 6) is 1.83. The molecule has 0 atom stereocenters. The van der Waals surface area contributed by atoms with Crippen molar-refractivity contribution in [2.24, 2.45) is 17.8 Å². The number of hydrogen-bond acceptors (Lipinski definition) is 1. The van der Waals surface area contributed by atoms with Gasteiger partial charge in [-0.2, -0.15) is 0 Å². The van der Waals surface area contributed by atoms with E-state index in [1.54, 1.807) is 0 Å². The number of rotatable bonds is 7. The fourth-order valence-corrected chi connectivity index (χ4v) is 13.5. The standard InChI is InChI=1S/C19H42OSi/c1-14(2)17(7,8)21(20-13,18(9,10)15(3)4)19(11,12)16(5)6/h14-16H,1-13H3. The van der Waals surface area contributed by atoms with Crippen LogP contribution in [0, 0.1) is 17.8 Å². The second kappa shape index (κ2) is 6.35. The van der Waals surface area contributed by atoms with Crippen LogP contribution in [0.1, 0.15) is 83.1 Å². The van der Waals surface area contributed by atoms with E-state index in [1.807, 2.05) is 7.11 Å². The van der Waals surface area contributed by atoms with Crippen LogP contribution >= 0.6 is 0 Å². The minimum atomic E-state index is -2.14. The Hall–Kier alpha value is 0.177. The van der Waals surface area contributed by atoms with Gasteiger partial charge in [0.15, 0.2) is 0 Å². The molecule has 0 unspecified atom stereocenters. The summed E-state index contributed by atoms with van der Waals surface area (Å²) in [6, 6.07) is 0. The molecule has 2 heteroatoms. The van der Waals surface area contributed by atoms with Gasteiger partial charge in [0.05, 0.1) is 0 Å². The van der Waals surface area contributed by atoms with Gasteiger partial charge in [0.25, 0.3) is 0 Å². The van der Waals surface area contributed by atoms with Gasteiger partial charge in [0, 0.05) is 7.11 Å². The molecule has 0 N–H and O–H groups in total. The molecule has 0 bridgehead atoms. The molecule has 0 aromatic heterocycles. The monoisotopic (exact) mass is 314 g/mol. The van der Waals surface area contributed by atoms with E-state index in [0.29, 0.717) is 17.8 Å². The predicted octanol–water partition coefficient (Wildman–Crippen LogP) is 6.89.